The van der Waals surface area contributed by atoms with Gasteiger partial charge in [-0.1, -0.05) is 24.6 Å². The molecule has 2 aromatic rings. The van der Waals surface area contributed by atoms with Gasteiger partial charge in [0.25, 0.3) is 0 Å². The smallest absolute Gasteiger partial charge is 0.0722 e. The Morgan fingerprint density at radius 2 is 2.20 bits per heavy atom. The second-order valence-electron chi connectivity index (χ2n) is 5.19. The number of nitrogens with zero attached hydrogens (tertiary/aromatic N) is 1. The number of hydrogen-bond donors (Lipinski definition) is 1. The third-order valence-electron chi connectivity index (χ3n) is 3.53. The van der Waals surface area contributed by atoms with E-state index in [0.29, 0.717) is 0 Å². The Balaban J connectivity index is 2.33. The summed E-state index contributed by atoms with van der Waals surface area (Å²) in [5.41, 5.74) is 2.49. The highest BCUT2D eigenvalue weighted by atomic mass is 35.5. The van der Waals surface area contributed by atoms with Crippen LogP contribution in [0.4, 0.5) is 0 Å². The van der Waals surface area contributed by atoms with E-state index in [9.17, 15) is 0 Å². The molecule has 110 valence electrons. The fourth-order valence-corrected chi connectivity index (χ4v) is 2.55. The van der Waals surface area contributed by atoms with Crippen LogP contribution in [0.2, 0.25) is 5.02 Å². The van der Waals surface area contributed by atoms with Gasteiger partial charge in [0.15, 0.2) is 0 Å². The van der Waals surface area contributed by atoms with E-state index in [1.54, 1.807) is 7.11 Å². The maximum absolute atomic E-state index is 6.14. The molecule has 0 fully saturated rings. The minimum atomic E-state index is 0.182. The van der Waals surface area contributed by atoms with Crippen molar-refractivity contribution in [2.45, 2.75) is 39.5 Å². The molecule has 0 bridgehead atoms. The predicted molar refractivity (Wildman–Crippen MR) is 85.4 cm³/mol. The summed E-state index contributed by atoms with van der Waals surface area (Å²) in [6, 6.07) is 6.09. The van der Waals surface area contributed by atoms with Crippen molar-refractivity contribution in [1.29, 1.82) is 0 Å². The molecule has 0 aliphatic heterocycles. The average Bonchev–Trinajstić information content (AvgIpc) is 2.76. The molecule has 1 N–H and O–H groups in total. The van der Waals surface area contributed by atoms with Gasteiger partial charge in [-0.2, -0.15) is 0 Å². The minimum absolute atomic E-state index is 0.182. The summed E-state index contributed by atoms with van der Waals surface area (Å²) in [5, 5.41) is 5.50. The fourth-order valence-electron chi connectivity index (χ4n) is 2.38. The molecule has 3 nitrogen and oxygen atoms in total. The van der Waals surface area contributed by atoms with Crippen molar-refractivity contribution >= 4 is 22.5 Å². The zero-order valence-corrected chi connectivity index (χ0v) is 13.2. The lowest BCUT2D eigenvalue weighted by molar-refractivity contribution is 0.104. The molecule has 1 atom stereocenters. The van der Waals surface area contributed by atoms with Crippen molar-refractivity contribution in [2.24, 2.45) is 0 Å². The van der Waals surface area contributed by atoms with E-state index in [-0.39, 0.29) is 6.10 Å². The zero-order valence-electron chi connectivity index (χ0n) is 12.4. The lowest BCUT2D eigenvalue weighted by atomic mass is 10.2. The van der Waals surface area contributed by atoms with Crippen molar-refractivity contribution in [3.05, 3.63) is 35.0 Å². The van der Waals surface area contributed by atoms with Crippen LogP contribution in [0.1, 0.15) is 25.8 Å². The highest BCUT2D eigenvalue weighted by Crippen LogP contribution is 2.25. The quantitative estimate of drug-likeness (QED) is 0.786. The van der Waals surface area contributed by atoms with Gasteiger partial charge in [0.1, 0.15) is 0 Å². The predicted octanol–water partition coefficient (Wildman–Crippen LogP) is 3.83. The topological polar surface area (TPSA) is 26.2 Å². The van der Waals surface area contributed by atoms with Gasteiger partial charge in [0, 0.05) is 42.3 Å². The molecule has 0 amide bonds. The van der Waals surface area contributed by atoms with Crippen molar-refractivity contribution in [1.82, 2.24) is 9.88 Å². The molecule has 2 rings (SSSR count). The maximum Gasteiger partial charge on any atom is 0.0722 e. The van der Waals surface area contributed by atoms with E-state index in [4.69, 9.17) is 16.3 Å². The highest BCUT2D eigenvalue weighted by Gasteiger charge is 2.11. The van der Waals surface area contributed by atoms with Crippen molar-refractivity contribution < 1.29 is 4.74 Å². The Kier molecular flexibility index (Phi) is 5.46. The molecule has 4 heteroatoms. The summed E-state index contributed by atoms with van der Waals surface area (Å²) in [6.07, 6.45) is 3.53. The molecule has 0 radical (unpaired) electrons. The number of methoxy groups -OCH3 is 1. The SMILES string of the molecule is CCCNCc1cn(CC(C)OC)c2cc(Cl)ccc12. The Bertz CT molecular complexity index is 565. The Morgan fingerprint density at radius 1 is 1.40 bits per heavy atom. The molecule has 1 heterocycles. The average molecular weight is 295 g/mol. The summed E-state index contributed by atoms with van der Waals surface area (Å²) >= 11 is 6.14. The van der Waals surface area contributed by atoms with Gasteiger partial charge in [-0.05, 0) is 37.6 Å². The van der Waals surface area contributed by atoms with Crippen LogP contribution in [0.3, 0.4) is 0 Å². The number of rotatable bonds is 7. The summed E-state index contributed by atoms with van der Waals surface area (Å²) in [5.74, 6) is 0. The number of hydrogen-bond acceptors (Lipinski definition) is 2. The number of benzene rings is 1. The normalized spacial score (nSPS) is 13.0. The fraction of sp³-hybridized carbons (Fsp3) is 0.500. The van der Waals surface area contributed by atoms with Crippen LogP contribution in [0.5, 0.6) is 0 Å². The monoisotopic (exact) mass is 294 g/mol. The third-order valence-corrected chi connectivity index (χ3v) is 3.76. The van der Waals surface area contributed by atoms with Crippen molar-refractivity contribution in [2.75, 3.05) is 13.7 Å². The first-order valence-electron chi connectivity index (χ1n) is 7.16. The van der Waals surface area contributed by atoms with E-state index in [2.05, 4.69) is 36.0 Å². The molecule has 0 aliphatic rings. The first-order chi connectivity index (χ1) is 9.65. The number of aromatic nitrogens is 1. The molecule has 0 saturated carbocycles. The van der Waals surface area contributed by atoms with Gasteiger partial charge in [-0.25, -0.2) is 0 Å². The molecule has 1 aromatic carbocycles. The largest absolute Gasteiger partial charge is 0.380 e. The molecular formula is C16H23ClN2O. The lowest BCUT2D eigenvalue weighted by Gasteiger charge is -2.11. The van der Waals surface area contributed by atoms with Crippen molar-refractivity contribution in [3.8, 4) is 0 Å². The van der Waals surface area contributed by atoms with Crippen LogP contribution in [0.15, 0.2) is 24.4 Å². The van der Waals surface area contributed by atoms with Gasteiger partial charge in [-0.15, -0.1) is 0 Å². The first kappa shape index (κ1) is 15.4. The second-order valence-corrected chi connectivity index (χ2v) is 5.63. The third kappa shape index (κ3) is 3.54. The van der Waals surface area contributed by atoms with Crippen LogP contribution in [0, 0.1) is 0 Å². The molecule has 0 saturated heterocycles. The summed E-state index contributed by atoms with van der Waals surface area (Å²) in [7, 11) is 1.74. The number of nitrogens with one attached hydrogen (secondary N) is 1. The molecule has 1 unspecified atom stereocenters. The molecular weight excluding hydrogens is 272 g/mol. The van der Waals surface area contributed by atoms with Crippen molar-refractivity contribution in [3.63, 3.8) is 0 Å². The number of ether oxygens (including phenoxy) is 1. The van der Waals surface area contributed by atoms with Gasteiger partial charge >= 0.3 is 0 Å². The zero-order chi connectivity index (χ0) is 14.5. The summed E-state index contributed by atoms with van der Waals surface area (Å²) in [6.45, 7) is 7.01. The highest BCUT2D eigenvalue weighted by molar-refractivity contribution is 6.31. The van der Waals surface area contributed by atoms with Crippen LogP contribution >= 0.6 is 11.6 Å². The lowest BCUT2D eigenvalue weighted by Crippen LogP contribution is -2.15. The minimum Gasteiger partial charge on any atom is -0.380 e. The molecule has 20 heavy (non-hydrogen) atoms. The summed E-state index contributed by atoms with van der Waals surface area (Å²) in [4.78, 5) is 0. The molecule has 0 spiro atoms. The van der Waals surface area contributed by atoms with E-state index < -0.39 is 0 Å². The van der Waals surface area contributed by atoms with Crippen LogP contribution < -0.4 is 5.32 Å². The molecule has 1 aromatic heterocycles. The maximum atomic E-state index is 6.14. The van der Waals surface area contributed by atoms with Gasteiger partial charge < -0.3 is 14.6 Å². The standard InChI is InChI=1S/C16H23ClN2O/c1-4-7-18-9-13-11-19(10-12(2)20-3)16-8-14(17)5-6-15(13)16/h5-6,8,11-12,18H,4,7,9-10H2,1-3H3. The van der Waals surface area contributed by atoms with Gasteiger partial charge in [0.05, 0.1) is 6.10 Å². The van der Waals surface area contributed by atoms with E-state index in [1.807, 2.05) is 12.1 Å². The Hall–Kier alpha value is -1.03. The van der Waals surface area contributed by atoms with Gasteiger partial charge in [0.2, 0.25) is 0 Å². The number of fused-ring (bicyclic) bond motifs is 1. The summed E-state index contributed by atoms with van der Waals surface area (Å²) < 4.78 is 7.61. The Labute approximate surface area is 125 Å². The number of halogens is 1. The van der Waals surface area contributed by atoms with Crippen LogP contribution in [-0.2, 0) is 17.8 Å². The van der Waals surface area contributed by atoms with E-state index in [1.165, 1.54) is 16.5 Å². The second kappa shape index (κ2) is 7.11. The van der Waals surface area contributed by atoms with Crippen LogP contribution in [-0.4, -0.2) is 24.3 Å². The van der Waals surface area contributed by atoms with E-state index >= 15 is 0 Å². The van der Waals surface area contributed by atoms with E-state index in [0.717, 1.165) is 31.1 Å². The first-order valence-corrected chi connectivity index (χ1v) is 7.54. The molecule has 0 aliphatic carbocycles. The van der Waals surface area contributed by atoms with Gasteiger partial charge in [-0.3, -0.25) is 0 Å². The van der Waals surface area contributed by atoms with Crippen LogP contribution in [0.25, 0.3) is 10.9 Å². The Morgan fingerprint density at radius 3 is 2.90 bits per heavy atom.